The van der Waals surface area contributed by atoms with Gasteiger partial charge in [0.2, 0.25) is 0 Å². The van der Waals surface area contributed by atoms with Crippen molar-refractivity contribution in [3.05, 3.63) is 29.7 Å². The number of aryl methyl sites for hydroxylation is 1. The first kappa shape index (κ1) is 12.0. The van der Waals surface area contributed by atoms with E-state index in [0.29, 0.717) is 6.04 Å². The highest BCUT2D eigenvalue weighted by Gasteiger charge is 2.12. The second-order valence-electron chi connectivity index (χ2n) is 4.82. The number of aromatic nitrogens is 3. The molecule has 1 saturated heterocycles. The number of rotatable bonds is 3. The average Bonchev–Trinajstić information content (AvgIpc) is 2.77. The van der Waals surface area contributed by atoms with E-state index in [1.165, 1.54) is 29.9 Å². The van der Waals surface area contributed by atoms with Crippen LogP contribution in [0.2, 0.25) is 0 Å². The maximum absolute atomic E-state index is 4.42. The Labute approximate surface area is 111 Å². The molecule has 0 unspecified atom stereocenters. The minimum Gasteiger partial charge on any atom is -0.310 e. The van der Waals surface area contributed by atoms with Crippen molar-refractivity contribution in [2.24, 2.45) is 0 Å². The molecule has 1 aliphatic rings. The van der Waals surface area contributed by atoms with Crippen molar-refractivity contribution in [2.75, 3.05) is 11.5 Å². The zero-order valence-corrected chi connectivity index (χ0v) is 11.4. The van der Waals surface area contributed by atoms with Gasteiger partial charge in [-0.1, -0.05) is 0 Å². The number of fused-ring (bicyclic) bond motifs is 1. The molecular weight excluding hydrogens is 244 g/mol. The SMILES string of the molecule is Cc1cc2ncc(CNC3CCSCC3)cn2n1. The second-order valence-corrected chi connectivity index (χ2v) is 6.04. The summed E-state index contributed by atoms with van der Waals surface area (Å²) in [4.78, 5) is 4.42. The quantitative estimate of drug-likeness (QED) is 0.919. The highest BCUT2D eigenvalue weighted by atomic mass is 32.2. The van der Waals surface area contributed by atoms with Gasteiger partial charge in [-0.25, -0.2) is 9.50 Å². The Balaban J connectivity index is 1.66. The van der Waals surface area contributed by atoms with Crippen LogP contribution >= 0.6 is 11.8 Å². The van der Waals surface area contributed by atoms with Gasteiger partial charge in [0.05, 0.1) is 5.69 Å². The van der Waals surface area contributed by atoms with Crippen molar-refractivity contribution >= 4 is 17.4 Å². The van der Waals surface area contributed by atoms with Crippen LogP contribution in [-0.4, -0.2) is 32.1 Å². The lowest BCUT2D eigenvalue weighted by atomic mass is 10.1. The van der Waals surface area contributed by atoms with E-state index in [2.05, 4.69) is 33.4 Å². The fourth-order valence-corrected chi connectivity index (χ4v) is 3.40. The molecule has 96 valence electrons. The number of nitrogens with zero attached hydrogens (tertiary/aromatic N) is 3. The molecule has 3 rings (SSSR count). The molecule has 0 spiro atoms. The molecule has 2 aromatic heterocycles. The number of nitrogens with one attached hydrogen (secondary N) is 1. The summed E-state index contributed by atoms with van der Waals surface area (Å²) in [6.45, 7) is 2.88. The highest BCUT2D eigenvalue weighted by Crippen LogP contribution is 2.17. The molecule has 0 aromatic carbocycles. The Morgan fingerprint density at radius 1 is 1.44 bits per heavy atom. The van der Waals surface area contributed by atoms with Gasteiger partial charge < -0.3 is 5.32 Å². The smallest absolute Gasteiger partial charge is 0.155 e. The van der Waals surface area contributed by atoms with Crippen LogP contribution in [0.15, 0.2) is 18.5 Å². The molecule has 5 heteroatoms. The summed E-state index contributed by atoms with van der Waals surface area (Å²) in [5.74, 6) is 2.57. The van der Waals surface area contributed by atoms with Gasteiger partial charge in [0.15, 0.2) is 5.65 Å². The van der Waals surface area contributed by atoms with E-state index >= 15 is 0 Å². The van der Waals surface area contributed by atoms with E-state index in [-0.39, 0.29) is 0 Å². The number of thioether (sulfide) groups is 1. The molecule has 3 heterocycles. The Bertz CT molecular complexity index is 531. The molecule has 1 aliphatic heterocycles. The maximum atomic E-state index is 4.42. The molecule has 0 saturated carbocycles. The monoisotopic (exact) mass is 262 g/mol. The van der Waals surface area contributed by atoms with Gasteiger partial charge in [0.25, 0.3) is 0 Å². The van der Waals surface area contributed by atoms with Crippen LogP contribution in [0.5, 0.6) is 0 Å². The van der Waals surface area contributed by atoms with Crippen LogP contribution in [0, 0.1) is 6.92 Å². The zero-order chi connectivity index (χ0) is 12.4. The summed E-state index contributed by atoms with van der Waals surface area (Å²) >= 11 is 2.06. The van der Waals surface area contributed by atoms with Gasteiger partial charge in [0, 0.05) is 36.6 Å². The normalized spacial score (nSPS) is 17.4. The first-order valence-electron chi connectivity index (χ1n) is 6.43. The lowest BCUT2D eigenvalue weighted by Gasteiger charge is -2.22. The van der Waals surface area contributed by atoms with Gasteiger partial charge in [-0.05, 0) is 31.3 Å². The first-order valence-corrected chi connectivity index (χ1v) is 7.59. The highest BCUT2D eigenvalue weighted by molar-refractivity contribution is 7.99. The van der Waals surface area contributed by atoms with Crippen molar-refractivity contribution in [3.63, 3.8) is 0 Å². The van der Waals surface area contributed by atoms with Crippen molar-refractivity contribution in [1.82, 2.24) is 19.9 Å². The van der Waals surface area contributed by atoms with E-state index in [4.69, 9.17) is 0 Å². The molecule has 1 N–H and O–H groups in total. The predicted molar refractivity (Wildman–Crippen MR) is 74.9 cm³/mol. The standard InChI is InChI=1S/C13H18N4S/c1-10-6-13-15-8-11(9-17(13)16-10)7-14-12-2-4-18-5-3-12/h6,8-9,12,14H,2-5,7H2,1H3. The molecule has 0 aliphatic carbocycles. The van der Waals surface area contributed by atoms with E-state index in [9.17, 15) is 0 Å². The maximum Gasteiger partial charge on any atom is 0.155 e. The molecule has 0 bridgehead atoms. The number of hydrogen-bond acceptors (Lipinski definition) is 4. The van der Waals surface area contributed by atoms with Crippen LogP contribution < -0.4 is 5.32 Å². The molecule has 0 atom stereocenters. The summed E-state index contributed by atoms with van der Waals surface area (Å²) in [6, 6.07) is 2.66. The van der Waals surface area contributed by atoms with Gasteiger partial charge in [0.1, 0.15) is 0 Å². The Hall–Kier alpha value is -1.07. The topological polar surface area (TPSA) is 42.2 Å². The van der Waals surface area contributed by atoms with E-state index in [0.717, 1.165) is 17.9 Å². The Morgan fingerprint density at radius 2 is 2.28 bits per heavy atom. The van der Waals surface area contributed by atoms with Crippen molar-refractivity contribution in [2.45, 2.75) is 32.4 Å². The Kier molecular flexibility index (Phi) is 3.52. The average molecular weight is 262 g/mol. The molecule has 1 fully saturated rings. The van der Waals surface area contributed by atoms with Gasteiger partial charge >= 0.3 is 0 Å². The Morgan fingerprint density at radius 3 is 3.11 bits per heavy atom. The van der Waals surface area contributed by atoms with Crippen LogP contribution in [0.1, 0.15) is 24.1 Å². The minimum atomic E-state index is 0.668. The summed E-state index contributed by atoms with van der Waals surface area (Å²) in [6.07, 6.45) is 6.57. The molecule has 0 amide bonds. The summed E-state index contributed by atoms with van der Waals surface area (Å²) < 4.78 is 1.86. The summed E-state index contributed by atoms with van der Waals surface area (Å²) in [7, 11) is 0. The van der Waals surface area contributed by atoms with Crippen LogP contribution in [0.25, 0.3) is 5.65 Å². The van der Waals surface area contributed by atoms with Crippen molar-refractivity contribution in [1.29, 1.82) is 0 Å². The minimum absolute atomic E-state index is 0.668. The lowest BCUT2D eigenvalue weighted by Crippen LogP contribution is -2.32. The fraction of sp³-hybridized carbons (Fsp3) is 0.538. The molecule has 18 heavy (non-hydrogen) atoms. The summed E-state index contributed by atoms with van der Waals surface area (Å²) in [5, 5.41) is 8.01. The third-order valence-corrected chi connectivity index (χ3v) is 4.35. The lowest BCUT2D eigenvalue weighted by molar-refractivity contribution is 0.481. The van der Waals surface area contributed by atoms with E-state index in [1.807, 2.05) is 23.7 Å². The second kappa shape index (κ2) is 5.28. The molecule has 2 aromatic rings. The third kappa shape index (κ3) is 2.67. The van der Waals surface area contributed by atoms with Crippen LogP contribution in [0.4, 0.5) is 0 Å². The van der Waals surface area contributed by atoms with Gasteiger partial charge in [-0.15, -0.1) is 0 Å². The number of hydrogen-bond donors (Lipinski definition) is 1. The fourth-order valence-electron chi connectivity index (χ4n) is 2.29. The van der Waals surface area contributed by atoms with E-state index in [1.54, 1.807) is 0 Å². The van der Waals surface area contributed by atoms with Crippen LogP contribution in [0.3, 0.4) is 0 Å². The predicted octanol–water partition coefficient (Wildman–Crippen LogP) is 2.02. The summed E-state index contributed by atoms with van der Waals surface area (Å²) in [5.41, 5.74) is 3.13. The molecule has 0 radical (unpaired) electrons. The third-order valence-electron chi connectivity index (χ3n) is 3.31. The zero-order valence-electron chi connectivity index (χ0n) is 10.6. The van der Waals surface area contributed by atoms with Crippen molar-refractivity contribution in [3.8, 4) is 0 Å². The molecule has 4 nitrogen and oxygen atoms in total. The first-order chi connectivity index (χ1) is 8.81. The van der Waals surface area contributed by atoms with Gasteiger partial charge in [-0.2, -0.15) is 16.9 Å². The molecular formula is C13H18N4S. The van der Waals surface area contributed by atoms with Crippen molar-refractivity contribution < 1.29 is 0 Å². The largest absolute Gasteiger partial charge is 0.310 e. The van der Waals surface area contributed by atoms with E-state index < -0.39 is 0 Å². The van der Waals surface area contributed by atoms with Gasteiger partial charge in [-0.3, -0.25) is 0 Å². The van der Waals surface area contributed by atoms with Crippen LogP contribution in [-0.2, 0) is 6.54 Å².